The third-order valence-corrected chi connectivity index (χ3v) is 7.75. The van der Waals surface area contributed by atoms with Crippen molar-refractivity contribution in [2.24, 2.45) is 0 Å². The lowest BCUT2D eigenvalue weighted by Crippen LogP contribution is -2.49. The second-order valence-electron chi connectivity index (χ2n) is 10.6. The van der Waals surface area contributed by atoms with E-state index in [1.807, 2.05) is 26.8 Å². The first kappa shape index (κ1) is 25.7. The Balaban J connectivity index is 1.44. The molecule has 0 bridgehead atoms. The highest BCUT2D eigenvalue weighted by atomic mass is 16.5. The molecule has 2 aromatic heterocycles. The number of rotatable bonds is 6. The van der Waals surface area contributed by atoms with Gasteiger partial charge in [-0.1, -0.05) is 41.6 Å². The number of fused-ring (bicyclic) bond motifs is 1. The van der Waals surface area contributed by atoms with Crippen molar-refractivity contribution < 1.29 is 14.4 Å². The van der Waals surface area contributed by atoms with Crippen LogP contribution >= 0.6 is 0 Å². The summed E-state index contributed by atoms with van der Waals surface area (Å²) in [5.74, 6) is 2.47. The first-order chi connectivity index (χ1) is 19.0. The molecule has 9 heteroatoms. The molecule has 0 radical (unpaired) electrons. The molecule has 9 nitrogen and oxygen atoms in total. The van der Waals surface area contributed by atoms with E-state index in [4.69, 9.17) is 19.2 Å². The molecule has 0 amide bonds. The van der Waals surface area contributed by atoms with Crippen LogP contribution < -0.4 is 9.80 Å². The fraction of sp³-hybridized carbons (Fsp3) is 0.433. The molecule has 2 fully saturated rings. The number of aryl methyl sites for hydroxylation is 2. The first-order valence-corrected chi connectivity index (χ1v) is 13.8. The van der Waals surface area contributed by atoms with Crippen LogP contribution in [0.5, 0.6) is 0 Å². The standard InChI is InChI=1S/C30H36N6O3/c1-20(37)18-34-11-13-35(14-12-34)30-31-26-10-9-24(28-21(2)33-39-22(28)3)17-25(26)29(32-30)36-15-16-38-19-27(36)23-7-5-4-6-8-23/h4-10,17,20,27,37H,11-16,18-19H2,1-3H3. The van der Waals surface area contributed by atoms with Gasteiger partial charge in [0, 0.05) is 50.2 Å². The topological polar surface area (TPSA) is 91.0 Å². The molecule has 0 aliphatic carbocycles. The van der Waals surface area contributed by atoms with E-state index in [9.17, 15) is 5.11 Å². The Bertz CT molecular complexity index is 1410. The van der Waals surface area contributed by atoms with Gasteiger partial charge in [0.05, 0.1) is 36.6 Å². The van der Waals surface area contributed by atoms with Crippen LogP contribution in [0.3, 0.4) is 0 Å². The maximum absolute atomic E-state index is 9.82. The summed E-state index contributed by atoms with van der Waals surface area (Å²) < 4.78 is 11.4. The molecule has 204 valence electrons. The van der Waals surface area contributed by atoms with E-state index < -0.39 is 0 Å². The lowest BCUT2D eigenvalue weighted by atomic mass is 10.0. The summed E-state index contributed by atoms with van der Waals surface area (Å²) in [6.45, 7) is 11.8. The minimum atomic E-state index is -0.330. The number of aliphatic hydroxyl groups excluding tert-OH is 1. The van der Waals surface area contributed by atoms with Gasteiger partial charge in [0.25, 0.3) is 0 Å². The molecular weight excluding hydrogens is 492 g/mol. The zero-order chi connectivity index (χ0) is 26.9. The van der Waals surface area contributed by atoms with Crippen LogP contribution in [0.4, 0.5) is 11.8 Å². The molecule has 39 heavy (non-hydrogen) atoms. The average molecular weight is 529 g/mol. The Hall–Kier alpha value is -3.53. The minimum Gasteiger partial charge on any atom is -0.392 e. The van der Waals surface area contributed by atoms with Gasteiger partial charge in [0.15, 0.2) is 0 Å². The number of hydrogen-bond acceptors (Lipinski definition) is 9. The molecule has 2 aliphatic rings. The molecule has 0 spiro atoms. The smallest absolute Gasteiger partial charge is 0.227 e. The number of hydrogen-bond donors (Lipinski definition) is 1. The molecular formula is C30H36N6O3. The highest BCUT2D eigenvalue weighted by Crippen LogP contribution is 2.37. The third kappa shape index (κ3) is 5.22. The fourth-order valence-corrected chi connectivity index (χ4v) is 5.82. The lowest BCUT2D eigenvalue weighted by molar-refractivity contribution is 0.0938. The van der Waals surface area contributed by atoms with Gasteiger partial charge in [-0.15, -0.1) is 0 Å². The lowest BCUT2D eigenvalue weighted by Gasteiger charge is -2.39. The largest absolute Gasteiger partial charge is 0.392 e. The van der Waals surface area contributed by atoms with Crippen LogP contribution in [-0.2, 0) is 4.74 Å². The predicted octanol–water partition coefficient (Wildman–Crippen LogP) is 3.98. The molecule has 6 rings (SSSR count). The van der Waals surface area contributed by atoms with E-state index in [0.717, 1.165) is 78.0 Å². The normalized spacial score (nSPS) is 19.5. The number of anilines is 2. The molecule has 4 heterocycles. The van der Waals surface area contributed by atoms with Crippen molar-refractivity contribution in [1.29, 1.82) is 0 Å². The highest BCUT2D eigenvalue weighted by molar-refractivity contribution is 5.94. The number of piperazine rings is 1. The molecule has 2 aliphatic heterocycles. The van der Waals surface area contributed by atoms with Gasteiger partial charge in [0.2, 0.25) is 5.95 Å². The fourth-order valence-electron chi connectivity index (χ4n) is 5.82. The van der Waals surface area contributed by atoms with Gasteiger partial charge in [-0.2, -0.15) is 4.98 Å². The molecule has 4 aromatic rings. The van der Waals surface area contributed by atoms with Crippen molar-refractivity contribution in [2.45, 2.75) is 32.9 Å². The first-order valence-electron chi connectivity index (χ1n) is 13.8. The van der Waals surface area contributed by atoms with Crippen LogP contribution in [-0.4, -0.2) is 83.7 Å². The second-order valence-corrected chi connectivity index (χ2v) is 10.6. The molecule has 1 N–H and O–H groups in total. The average Bonchev–Trinajstić information content (AvgIpc) is 3.30. The molecule has 2 saturated heterocycles. The monoisotopic (exact) mass is 528 g/mol. The van der Waals surface area contributed by atoms with E-state index >= 15 is 0 Å². The van der Waals surface area contributed by atoms with Gasteiger partial charge >= 0.3 is 0 Å². The van der Waals surface area contributed by atoms with Gasteiger partial charge in [-0.05, 0) is 44.0 Å². The van der Waals surface area contributed by atoms with Crippen molar-refractivity contribution in [2.75, 3.05) is 62.3 Å². The van der Waals surface area contributed by atoms with E-state index in [1.54, 1.807) is 0 Å². The minimum absolute atomic E-state index is 0.0523. The number of morpholine rings is 1. The number of benzene rings is 2. The summed E-state index contributed by atoms with van der Waals surface area (Å²) in [4.78, 5) is 17.3. The molecule has 2 atom stereocenters. The zero-order valence-corrected chi connectivity index (χ0v) is 22.9. The summed E-state index contributed by atoms with van der Waals surface area (Å²) in [5, 5.41) is 15.0. The summed E-state index contributed by atoms with van der Waals surface area (Å²) in [5.41, 5.74) is 5.05. The SMILES string of the molecule is Cc1noc(C)c1-c1ccc2nc(N3CCN(CC(C)O)CC3)nc(N3CCOCC3c3ccccc3)c2c1. The predicted molar refractivity (Wildman–Crippen MR) is 152 cm³/mol. The molecule has 0 saturated carbocycles. The Kier molecular flexibility index (Phi) is 7.20. The van der Waals surface area contributed by atoms with E-state index in [1.165, 1.54) is 5.56 Å². The van der Waals surface area contributed by atoms with Crippen molar-refractivity contribution in [3.05, 3.63) is 65.5 Å². The van der Waals surface area contributed by atoms with E-state index in [2.05, 4.69) is 62.3 Å². The van der Waals surface area contributed by atoms with Crippen molar-refractivity contribution >= 4 is 22.7 Å². The number of ether oxygens (including phenoxy) is 1. The Labute approximate surface area is 229 Å². The van der Waals surface area contributed by atoms with Crippen molar-refractivity contribution in [3.8, 4) is 11.1 Å². The summed E-state index contributed by atoms with van der Waals surface area (Å²) >= 11 is 0. The van der Waals surface area contributed by atoms with E-state index in [0.29, 0.717) is 19.8 Å². The van der Waals surface area contributed by atoms with Gasteiger partial charge in [0.1, 0.15) is 11.6 Å². The number of aromatic nitrogens is 3. The van der Waals surface area contributed by atoms with Crippen LogP contribution in [0.25, 0.3) is 22.0 Å². The summed E-state index contributed by atoms with van der Waals surface area (Å²) in [6.07, 6.45) is -0.330. The number of nitrogens with zero attached hydrogens (tertiary/aromatic N) is 6. The van der Waals surface area contributed by atoms with Crippen LogP contribution in [0.15, 0.2) is 53.1 Å². The number of β-amino-alcohol motifs (C(OH)–C–C–N with tert-alkyl or cyclic N) is 1. The maximum atomic E-state index is 9.82. The quantitative estimate of drug-likeness (QED) is 0.399. The van der Waals surface area contributed by atoms with Gasteiger partial charge in [-0.25, -0.2) is 4.98 Å². The Morgan fingerprint density at radius 1 is 1.00 bits per heavy atom. The Morgan fingerprint density at radius 2 is 1.79 bits per heavy atom. The van der Waals surface area contributed by atoms with Crippen LogP contribution in [0, 0.1) is 13.8 Å². The molecule has 2 unspecified atom stereocenters. The Morgan fingerprint density at radius 3 is 2.51 bits per heavy atom. The summed E-state index contributed by atoms with van der Waals surface area (Å²) in [7, 11) is 0. The van der Waals surface area contributed by atoms with Crippen molar-refractivity contribution in [1.82, 2.24) is 20.0 Å². The van der Waals surface area contributed by atoms with Crippen LogP contribution in [0.2, 0.25) is 0 Å². The zero-order valence-electron chi connectivity index (χ0n) is 22.9. The second kappa shape index (κ2) is 10.9. The van der Waals surface area contributed by atoms with E-state index in [-0.39, 0.29) is 12.1 Å². The maximum Gasteiger partial charge on any atom is 0.227 e. The van der Waals surface area contributed by atoms with Gasteiger partial charge < -0.3 is 24.2 Å². The third-order valence-electron chi connectivity index (χ3n) is 7.75. The summed E-state index contributed by atoms with van der Waals surface area (Å²) in [6, 6.07) is 16.9. The molecule has 2 aromatic carbocycles. The van der Waals surface area contributed by atoms with Crippen LogP contribution in [0.1, 0.15) is 30.0 Å². The number of aliphatic hydroxyl groups is 1. The highest BCUT2D eigenvalue weighted by Gasteiger charge is 2.29. The van der Waals surface area contributed by atoms with Crippen molar-refractivity contribution in [3.63, 3.8) is 0 Å². The van der Waals surface area contributed by atoms with Gasteiger partial charge in [-0.3, -0.25) is 4.90 Å².